The van der Waals surface area contributed by atoms with Gasteiger partial charge in [-0.2, -0.15) is 0 Å². The largest absolute Gasteiger partial charge is 0.328 e. The van der Waals surface area contributed by atoms with E-state index in [1.165, 1.54) is 38.9 Å². The number of nitrogens with zero attached hydrogens (tertiary/aromatic N) is 1. The monoisotopic (exact) mass is 242 g/mol. The molecule has 0 rings (SSSR count). The Morgan fingerprint density at radius 2 is 1.24 bits per heavy atom. The smallest absolute Gasteiger partial charge is 0.00109 e. The highest BCUT2D eigenvalue weighted by Gasteiger charge is 2.07. The van der Waals surface area contributed by atoms with Gasteiger partial charge in [0.15, 0.2) is 0 Å². The van der Waals surface area contributed by atoms with Crippen LogP contribution in [0.4, 0.5) is 0 Å². The molecule has 2 N–H and O–H groups in total. The minimum absolute atomic E-state index is 0.354. The molecule has 1 atom stereocenters. The molecule has 2 nitrogen and oxygen atoms in total. The topological polar surface area (TPSA) is 29.3 Å². The average molecular weight is 242 g/mol. The van der Waals surface area contributed by atoms with Crippen LogP contribution >= 0.6 is 0 Å². The van der Waals surface area contributed by atoms with E-state index in [-0.39, 0.29) is 0 Å². The zero-order valence-electron chi connectivity index (χ0n) is 12.7. The fraction of sp³-hybridized carbons (Fsp3) is 1.00. The molecule has 0 aromatic heterocycles. The summed E-state index contributed by atoms with van der Waals surface area (Å²) in [7, 11) is 0. The third-order valence-electron chi connectivity index (χ3n) is 3.18. The minimum Gasteiger partial charge on any atom is -0.328 e. The van der Waals surface area contributed by atoms with Crippen LogP contribution in [-0.4, -0.2) is 30.6 Å². The third-order valence-corrected chi connectivity index (χ3v) is 3.18. The lowest BCUT2D eigenvalue weighted by Gasteiger charge is -2.24. The number of hydrogen-bond acceptors (Lipinski definition) is 2. The van der Waals surface area contributed by atoms with Crippen LogP contribution in [0.15, 0.2) is 0 Å². The van der Waals surface area contributed by atoms with Crippen molar-refractivity contribution in [3.8, 4) is 0 Å². The van der Waals surface area contributed by atoms with E-state index in [2.05, 4.69) is 39.5 Å². The summed E-state index contributed by atoms with van der Waals surface area (Å²) in [5, 5.41) is 0. The number of hydrogen-bond donors (Lipinski definition) is 1. The SMILES string of the molecule is CC(C)CCN(CCCC(C)N)CCC(C)C. The van der Waals surface area contributed by atoms with Crippen LogP contribution in [0.5, 0.6) is 0 Å². The van der Waals surface area contributed by atoms with Crippen LogP contribution in [0.3, 0.4) is 0 Å². The fourth-order valence-corrected chi connectivity index (χ4v) is 1.85. The van der Waals surface area contributed by atoms with Crippen molar-refractivity contribution in [2.75, 3.05) is 19.6 Å². The molecule has 0 spiro atoms. The quantitative estimate of drug-likeness (QED) is 0.635. The van der Waals surface area contributed by atoms with E-state index >= 15 is 0 Å². The van der Waals surface area contributed by atoms with Gasteiger partial charge in [0, 0.05) is 6.04 Å². The maximum Gasteiger partial charge on any atom is 0.00109 e. The lowest BCUT2D eigenvalue weighted by atomic mass is 10.1. The van der Waals surface area contributed by atoms with E-state index in [0.29, 0.717) is 6.04 Å². The van der Waals surface area contributed by atoms with Gasteiger partial charge in [0.25, 0.3) is 0 Å². The van der Waals surface area contributed by atoms with E-state index in [0.717, 1.165) is 18.3 Å². The van der Waals surface area contributed by atoms with Gasteiger partial charge in [0.2, 0.25) is 0 Å². The van der Waals surface area contributed by atoms with Crippen molar-refractivity contribution < 1.29 is 0 Å². The summed E-state index contributed by atoms with van der Waals surface area (Å²) < 4.78 is 0. The molecular weight excluding hydrogens is 208 g/mol. The Bertz CT molecular complexity index is 152. The molecule has 2 heteroatoms. The molecule has 0 aromatic carbocycles. The van der Waals surface area contributed by atoms with Gasteiger partial charge in [-0.3, -0.25) is 0 Å². The van der Waals surface area contributed by atoms with Crippen LogP contribution < -0.4 is 5.73 Å². The first-order valence-corrected chi connectivity index (χ1v) is 7.39. The van der Waals surface area contributed by atoms with Crippen molar-refractivity contribution in [1.29, 1.82) is 0 Å². The Kier molecular flexibility index (Phi) is 9.85. The molecule has 0 fully saturated rings. The number of nitrogens with two attached hydrogens (primary N) is 1. The van der Waals surface area contributed by atoms with E-state index < -0.39 is 0 Å². The van der Waals surface area contributed by atoms with Gasteiger partial charge in [0.05, 0.1) is 0 Å². The molecule has 104 valence electrons. The van der Waals surface area contributed by atoms with Crippen molar-refractivity contribution in [3.05, 3.63) is 0 Å². The zero-order valence-corrected chi connectivity index (χ0v) is 12.7. The summed E-state index contributed by atoms with van der Waals surface area (Å²) in [6, 6.07) is 0.354. The van der Waals surface area contributed by atoms with Gasteiger partial charge in [-0.25, -0.2) is 0 Å². The van der Waals surface area contributed by atoms with Gasteiger partial charge in [0.1, 0.15) is 0 Å². The predicted octanol–water partition coefficient (Wildman–Crippen LogP) is 3.51. The highest BCUT2D eigenvalue weighted by Crippen LogP contribution is 2.08. The summed E-state index contributed by atoms with van der Waals surface area (Å²) in [5.41, 5.74) is 5.80. The van der Waals surface area contributed by atoms with Crippen LogP contribution in [0, 0.1) is 11.8 Å². The Morgan fingerprint density at radius 3 is 1.59 bits per heavy atom. The summed E-state index contributed by atoms with van der Waals surface area (Å²) >= 11 is 0. The Hall–Kier alpha value is -0.0800. The second kappa shape index (κ2) is 9.90. The van der Waals surface area contributed by atoms with E-state index in [4.69, 9.17) is 5.73 Å². The van der Waals surface area contributed by atoms with E-state index in [1.54, 1.807) is 0 Å². The zero-order chi connectivity index (χ0) is 13.3. The molecule has 17 heavy (non-hydrogen) atoms. The molecule has 0 saturated carbocycles. The predicted molar refractivity (Wildman–Crippen MR) is 78.2 cm³/mol. The van der Waals surface area contributed by atoms with Crippen LogP contribution in [-0.2, 0) is 0 Å². The highest BCUT2D eigenvalue weighted by atomic mass is 15.1. The van der Waals surface area contributed by atoms with Crippen LogP contribution in [0.2, 0.25) is 0 Å². The average Bonchev–Trinajstić information content (AvgIpc) is 2.20. The molecule has 0 heterocycles. The molecule has 0 aliphatic rings. The lowest BCUT2D eigenvalue weighted by molar-refractivity contribution is 0.237. The second-order valence-corrected chi connectivity index (χ2v) is 6.33. The molecule has 0 aromatic rings. The maximum absolute atomic E-state index is 5.80. The first-order chi connectivity index (χ1) is 7.91. The fourth-order valence-electron chi connectivity index (χ4n) is 1.85. The van der Waals surface area contributed by atoms with Gasteiger partial charge < -0.3 is 10.6 Å². The van der Waals surface area contributed by atoms with Gasteiger partial charge in [-0.1, -0.05) is 27.7 Å². The lowest BCUT2D eigenvalue weighted by Crippen LogP contribution is -2.30. The van der Waals surface area contributed by atoms with Crippen molar-refractivity contribution in [3.63, 3.8) is 0 Å². The standard InChI is InChI=1S/C15H34N2/c1-13(2)8-11-17(12-9-14(3)4)10-6-7-15(5)16/h13-15H,6-12,16H2,1-5H3. The summed E-state index contributed by atoms with van der Waals surface area (Å²) in [6.45, 7) is 15.1. The molecular formula is C15H34N2. The van der Waals surface area contributed by atoms with Crippen molar-refractivity contribution in [1.82, 2.24) is 4.90 Å². The molecule has 0 radical (unpaired) electrons. The third kappa shape index (κ3) is 12.2. The van der Waals surface area contributed by atoms with E-state index in [9.17, 15) is 0 Å². The highest BCUT2D eigenvalue weighted by molar-refractivity contribution is 4.63. The van der Waals surface area contributed by atoms with E-state index in [1.807, 2.05) is 0 Å². The van der Waals surface area contributed by atoms with Crippen molar-refractivity contribution in [2.45, 2.75) is 66.3 Å². The molecule has 0 aliphatic heterocycles. The first-order valence-electron chi connectivity index (χ1n) is 7.39. The first kappa shape index (κ1) is 16.9. The molecule has 1 unspecified atom stereocenters. The second-order valence-electron chi connectivity index (χ2n) is 6.33. The van der Waals surface area contributed by atoms with Gasteiger partial charge in [-0.15, -0.1) is 0 Å². The van der Waals surface area contributed by atoms with Gasteiger partial charge in [-0.05, 0) is 64.1 Å². The molecule has 0 saturated heterocycles. The number of rotatable bonds is 10. The Labute approximate surface area is 109 Å². The molecule has 0 bridgehead atoms. The van der Waals surface area contributed by atoms with Crippen molar-refractivity contribution in [2.24, 2.45) is 17.6 Å². The summed E-state index contributed by atoms with van der Waals surface area (Å²) in [5.74, 6) is 1.62. The Morgan fingerprint density at radius 1 is 0.765 bits per heavy atom. The summed E-state index contributed by atoms with van der Waals surface area (Å²) in [6.07, 6.45) is 5.03. The molecule has 0 amide bonds. The van der Waals surface area contributed by atoms with Crippen molar-refractivity contribution >= 4 is 0 Å². The van der Waals surface area contributed by atoms with Gasteiger partial charge >= 0.3 is 0 Å². The summed E-state index contributed by atoms with van der Waals surface area (Å²) in [4.78, 5) is 2.63. The van der Waals surface area contributed by atoms with Crippen LogP contribution in [0.1, 0.15) is 60.3 Å². The Balaban J connectivity index is 3.84. The molecule has 0 aliphatic carbocycles. The van der Waals surface area contributed by atoms with Crippen LogP contribution in [0.25, 0.3) is 0 Å². The maximum atomic E-state index is 5.80. The minimum atomic E-state index is 0.354. The normalized spacial score (nSPS) is 13.9.